The van der Waals surface area contributed by atoms with Crippen LogP contribution in [0, 0.1) is 12.7 Å². The minimum Gasteiger partial charge on any atom is -0.491 e. The first-order valence-electron chi connectivity index (χ1n) is 6.41. The van der Waals surface area contributed by atoms with Gasteiger partial charge in [0, 0.05) is 12.6 Å². The Bertz CT molecular complexity index is 397. The van der Waals surface area contributed by atoms with Crippen molar-refractivity contribution < 1.29 is 13.9 Å². The number of rotatable bonds is 3. The summed E-state index contributed by atoms with van der Waals surface area (Å²) >= 11 is 0. The van der Waals surface area contributed by atoms with Crippen molar-refractivity contribution in [2.45, 2.75) is 32.4 Å². The molecule has 0 saturated carbocycles. The van der Waals surface area contributed by atoms with Crippen molar-refractivity contribution in [1.29, 1.82) is 0 Å². The van der Waals surface area contributed by atoms with Crippen LogP contribution in [0.3, 0.4) is 0 Å². The quantitative estimate of drug-likeness (QED) is 0.896. The molecule has 1 heterocycles. The summed E-state index contributed by atoms with van der Waals surface area (Å²) in [6.45, 7) is 6.05. The van der Waals surface area contributed by atoms with E-state index in [2.05, 4.69) is 12.2 Å². The second-order valence-electron chi connectivity index (χ2n) is 4.73. The molecular formula is C14H20FNO2. The minimum absolute atomic E-state index is 0.0397. The molecule has 1 aliphatic rings. The topological polar surface area (TPSA) is 30.5 Å². The van der Waals surface area contributed by atoms with Gasteiger partial charge < -0.3 is 14.8 Å². The predicted molar refractivity (Wildman–Crippen MR) is 68.5 cm³/mol. The zero-order valence-corrected chi connectivity index (χ0v) is 10.9. The largest absolute Gasteiger partial charge is 0.491 e. The van der Waals surface area contributed by atoms with Crippen molar-refractivity contribution in [2.75, 3.05) is 19.8 Å². The molecule has 4 heteroatoms. The van der Waals surface area contributed by atoms with Crippen LogP contribution < -0.4 is 10.1 Å². The lowest BCUT2D eigenvalue weighted by Gasteiger charge is -2.22. The summed E-state index contributed by atoms with van der Waals surface area (Å²) in [6, 6.07) is 5.07. The third-order valence-corrected chi connectivity index (χ3v) is 3.22. The lowest BCUT2D eigenvalue weighted by atomic mass is 10.2. The van der Waals surface area contributed by atoms with Crippen molar-refractivity contribution in [1.82, 2.24) is 5.32 Å². The van der Waals surface area contributed by atoms with Crippen LogP contribution in [-0.2, 0) is 4.74 Å². The zero-order valence-electron chi connectivity index (χ0n) is 10.9. The average molecular weight is 253 g/mol. The van der Waals surface area contributed by atoms with Gasteiger partial charge >= 0.3 is 0 Å². The Hall–Kier alpha value is -1.13. The summed E-state index contributed by atoms with van der Waals surface area (Å²) in [4.78, 5) is 0. The molecule has 2 rings (SSSR count). The molecule has 0 radical (unpaired) electrons. The molecule has 1 aromatic carbocycles. The van der Waals surface area contributed by atoms with Crippen LogP contribution in [0.5, 0.6) is 5.75 Å². The van der Waals surface area contributed by atoms with E-state index in [0.717, 1.165) is 19.6 Å². The van der Waals surface area contributed by atoms with Crippen molar-refractivity contribution in [3.05, 3.63) is 29.6 Å². The Morgan fingerprint density at radius 2 is 2.33 bits per heavy atom. The van der Waals surface area contributed by atoms with Crippen LogP contribution >= 0.6 is 0 Å². The molecule has 0 bridgehead atoms. The van der Waals surface area contributed by atoms with Crippen LogP contribution in [0.4, 0.5) is 4.39 Å². The van der Waals surface area contributed by atoms with Gasteiger partial charge in [-0.2, -0.15) is 0 Å². The fourth-order valence-electron chi connectivity index (χ4n) is 1.99. The summed E-state index contributed by atoms with van der Waals surface area (Å²) in [6.07, 6.45) is 1.06. The van der Waals surface area contributed by atoms with Gasteiger partial charge in [0.1, 0.15) is 24.3 Å². The van der Waals surface area contributed by atoms with Crippen LogP contribution in [0.25, 0.3) is 0 Å². The molecule has 2 atom stereocenters. The van der Waals surface area contributed by atoms with Gasteiger partial charge in [-0.25, -0.2) is 4.39 Å². The molecule has 18 heavy (non-hydrogen) atoms. The molecule has 3 nitrogen and oxygen atoms in total. The fraction of sp³-hybridized carbons (Fsp3) is 0.571. The first-order chi connectivity index (χ1) is 8.66. The van der Waals surface area contributed by atoms with E-state index in [0.29, 0.717) is 17.9 Å². The van der Waals surface area contributed by atoms with E-state index >= 15 is 0 Å². The van der Waals surface area contributed by atoms with E-state index in [-0.39, 0.29) is 18.0 Å². The molecule has 0 spiro atoms. The van der Waals surface area contributed by atoms with Crippen molar-refractivity contribution in [3.8, 4) is 5.75 Å². The molecule has 0 aromatic heterocycles. The van der Waals surface area contributed by atoms with Crippen molar-refractivity contribution in [3.63, 3.8) is 0 Å². The highest BCUT2D eigenvalue weighted by atomic mass is 19.1. The molecule has 0 amide bonds. The van der Waals surface area contributed by atoms with Crippen LogP contribution in [0.15, 0.2) is 18.2 Å². The molecule has 1 fully saturated rings. The molecule has 100 valence electrons. The third kappa shape index (κ3) is 3.43. The number of aryl methyl sites for hydroxylation is 1. The predicted octanol–water partition coefficient (Wildman–Crippen LogP) is 2.28. The smallest absolute Gasteiger partial charge is 0.126 e. The maximum absolute atomic E-state index is 13.1. The number of benzene rings is 1. The fourth-order valence-corrected chi connectivity index (χ4v) is 1.99. The van der Waals surface area contributed by atoms with Crippen LogP contribution in [0.2, 0.25) is 0 Å². The van der Waals surface area contributed by atoms with Crippen LogP contribution in [-0.4, -0.2) is 31.9 Å². The highest BCUT2D eigenvalue weighted by Gasteiger charge is 2.20. The van der Waals surface area contributed by atoms with E-state index in [4.69, 9.17) is 9.47 Å². The highest BCUT2D eigenvalue weighted by Crippen LogP contribution is 2.17. The van der Waals surface area contributed by atoms with E-state index in [1.165, 1.54) is 6.07 Å². The summed E-state index contributed by atoms with van der Waals surface area (Å²) in [5, 5.41) is 3.39. The van der Waals surface area contributed by atoms with Gasteiger partial charge in [0.2, 0.25) is 0 Å². The van der Waals surface area contributed by atoms with E-state index < -0.39 is 0 Å². The second-order valence-corrected chi connectivity index (χ2v) is 4.73. The monoisotopic (exact) mass is 253 g/mol. The first kappa shape index (κ1) is 13.3. The summed E-state index contributed by atoms with van der Waals surface area (Å²) < 4.78 is 24.5. The van der Waals surface area contributed by atoms with Gasteiger partial charge in [-0.15, -0.1) is 0 Å². The molecular weight excluding hydrogens is 233 g/mol. The second kappa shape index (κ2) is 6.16. The van der Waals surface area contributed by atoms with Gasteiger partial charge in [0.15, 0.2) is 0 Å². The SMILES string of the molecule is Cc1cc(OCC2OCCCNC2C)ccc1F. The number of hydrogen-bond donors (Lipinski definition) is 1. The lowest BCUT2D eigenvalue weighted by Crippen LogP contribution is -2.40. The standard InChI is InChI=1S/C14H20FNO2/c1-10-8-12(4-5-13(10)15)18-9-14-11(2)16-6-3-7-17-14/h4-5,8,11,14,16H,3,6-7,9H2,1-2H3. The number of ether oxygens (including phenoxy) is 2. The van der Waals surface area contributed by atoms with Gasteiger partial charge in [-0.3, -0.25) is 0 Å². The molecule has 0 aliphatic carbocycles. The summed E-state index contributed by atoms with van der Waals surface area (Å²) in [7, 11) is 0. The maximum Gasteiger partial charge on any atom is 0.126 e. The Balaban J connectivity index is 1.91. The molecule has 1 N–H and O–H groups in total. The van der Waals surface area contributed by atoms with E-state index in [9.17, 15) is 4.39 Å². The van der Waals surface area contributed by atoms with Gasteiger partial charge in [0.05, 0.1) is 0 Å². The highest BCUT2D eigenvalue weighted by molar-refractivity contribution is 5.28. The Kier molecular flexibility index (Phi) is 4.55. The Morgan fingerprint density at radius 3 is 3.11 bits per heavy atom. The molecule has 1 aliphatic heterocycles. The van der Waals surface area contributed by atoms with Gasteiger partial charge in [-0.1, -0.05) is 0 Å². The number of nitrogens with one attached hydrogen (secondary N) is 1. The normalized spacial score (nSPS) is 24.6. The number of hydrogen-bond acceptors (Lipinski definition) is 3. The summed E-state index contributed by atoms with van der Waals surface area (Å²) in [5.74, 6) is 0.483. The number of halogens is 1. The first-order valence-corrected chi connectivity index (χ1v) is 6.41. The minimum atomic E-state index is -0.205. The van der Waals surface area contributed by atoms with Gasteiger partial charge in [0.25, 0.3) is 0 Å². The third-order valence-electron chi connectivity index (χ3n) is 3.22. The lowest BCUT2D eigenvalue weighted by molar-refractivity contribution is 0.0139. The molecule has 2 unspecified atom stereocenters. The van der Waals surface area contributed by atoms with E-state index in [1.807, 2.05) is 0 Å². The maximum atomic E-state index is 13.1. The zero-order chi connectivity index (χ0) is 13.0. The Labute approximate surface area is 107 Å². The average Bonchev–Trinajstić information content (AvgIpc) is 2.56. The van der Waals surface area contributed by atoms with E-state index in [1.54, 1.807) is 19.1 Å². The van der Waals surface area contributed by atoms with Gasteiger partial charge in [-0.05, 0) is 50.6 Å². The van der Waals surface area contributed by atoms with Crippen molar-refractivity contribution >= 4 is 0 Å². The Morgan fingerprint density at radius 1 is 1.50 bits per heavy atom. The molecule has 1 saturated heterocycles. The molecule has 1 aromatic rings. The van der Waals surface area contributed by atoms with Crippen molar-refractivity contribution in [2.24, 2.45) is 0 Å². The summed E-state index contributed by atoms with van der Waals surface area (Å²) in [5.41, 5.74) is 0.598. The van der Waals surface area contributed by atoms with Crippen LogP contribution in [0.1, 0.15) is 18.9 Å².